The van der Waals surface area contributed by atoms with E-state index >= 15 is 0 Å². The molecule has 0 aliphatic heterocycles. The molecular weight excluding hydrogens is 234 g/mol. The average molecular weight is 253 g/mol. The van der Waals surface area contributed by atoms with Crippen molar-refractivity contribution in [3.63, 3.8) is 0 Å². The number of hydrogen-bond donors (Lipinski definition) is 1. The van der Waals surface area contributed by atoms with Gasteiger partial charge in [0.15, 0.2) is 0 Å². The summed E-state index contributed by atoms with van der Waals surface area (Å²) in [7, 11) is 0. The summed E-state index contributed by atoms with van der Waals surface area (Å²) in [5, 5.41) is 4.49. The van der Waals surface area contributed by atoms with E-state index in [0.717, 1.165) is 30.8 Å². The fourth-order valence-corrected chi connectivity index (χ4v) is 2.80. The third kappa shape index (κ3) is 2.16. The van der Waals surface area contributed by atoms with Crippen LogP contribution in [0.25, 0.3) is 11.6 Å². The second-order valence-corrected chi connectivity index (χ2v) is 5.11. The van der Waals surface area contributed by atoms with Gasteiger partial charge < -0.3 is 5.73 Å². The summed E-state index contributed by atoms with van der Waals surface area (Å²) in [6, 6.07) is 8.37. The number of nitrogens with two attached hydrogens (primary N) is 1. The Morgan fingerprint density at radius 3 is 2.95 bits per heavy atom. The lowest BCUT2D eigenvalue weighted by atomic mass is 10.1. The van der Waals surface area contributed by atoms with E-state index in [2.05, 4.69) is 41.0 Å². The van der Waals surface area contributed by atoms with E-state index < -0.39 is 0 Å². The minimum absolute atomic E-state index is 0.856. The molecule has 19 heavy (non-hydrogen) atoms. The molecule has 98 valence electrons. The summed E-state index contributed by atoms with van der Waals surface area (Å²) in [5.74, 6) is 0. The number of hydrogen-bond acceptors (Lipinski definition) is 2. The van der Waals surface area contributed by atoms with Gasteiger partial charge in [-0.25, -0.2) is 0 Å². The van der Waals surface area contributed by atoms with E-state index in [-0.39, 0.29) is 0 Å². The Hall–Kier alpha value is -2.03. The molecular formula is C16H19N3. The van der Waals surface area contributed by atoms with Crippen molar-refractivity contribution in [2.24, 2.45) is 0 Å². The number of allylic oxidation sites excluding steroid dienone is 1. The zero-order chi connectivity index (χ0) is 13.4. The van der Waals surface area contributed by atoms with Gasteiger partial charge in [-0.05, 0) is 67.7 Å². The first-order valence-electron chi connectivity index (χ1n) is 6.81. The Labute approximate surface area is 113 Å². The highest BCUT2D eigenvalue weighted by atomic mass is 15.3. The maximum Gasteiger partial charge on any atom is 0.0615 e. The van der Waals surface area contributed by atoms with Crippen LogP contribution in [0.2, 0.25) is 0 Å². The van der Waals surface area contributed by atoms with E-state index in [4.69, 9.17) is 5.73 Å². The maximum absolute atomic E-state index is 5.84. The second kappa shape index (κ2) is 4.57. The van der Waals surface area contributed by atoms with E-state index in [1.807, 2.05) is 13.0 Å². The number of benzene rings is 1. The number of nitrogen functional groups attached to an aromatic ring is 1. The highest BCUT2D eigenvalue weighted by Crippen LogP contribution is 2.34. The summed E-state index contributed by atoms with van der Waals surface area (Å²) in [6.45, 7) is 5.07. The van der Waals surface area contributed by atoms with Gasteiger partial charge in [0.05, 0.1) is 11.4 Å². The van der Waals surface area contributed by atoms with Crippen LogP contribution in [0.5, 0.6) is 0 Å². The summed E-state index contributed by atoms with van der Waals surface area (Å²) < 4.78 is 2.05. The van der Waals surface area contributed by atoms with E-state index in [1.165, 1.54) is 22.4 Å². The zero-order valence-corrected chi connectivity index (χ0v) is 11.5. The third-order valence-electron chi connectivity index (χ3n) is 3.69. The van der Waals surface area contributed by atoms with E-state index in [0.29, 0.717) is 0 Å². The molecule has 0 bridgehead atoms. The summed E-state index contributed by atoms with van der Waals surface area (Å²) in [4.78, 5) is 0. The van der Waals surface area contributed by atoms with Crippen molar-refractivity contribution in [2.45, 2.75) is 33.2 Å². The van der Waals surface area contributed by atoms with Crippen molar-refractivity contribution < 1.29 is 0 Å². The predicted molar refractivity (Wildman–Crippen MR) is 79.7 cm³/mol. The highest BCUT2D eigenvalue weighted by Gasteiger charge is 2.16. The van der Waals surface area contributed by atoms with Crippen LogP contribution < -0.4 is 5.73 Å². The molecule has 0 saturated heterocycles. The largest absolute Gasteiger partial charge is 0.399 e. The number of rotatable bonds is 2. The third-order valence-corrected chi connectivity index (χ3v) is 3.69. The lowest BCUT2D eigenvalue weighted by Gasteiger charge is -2.04. The molecule has 3 rings (SSSR count). The smallest absolute Gasteiger partial charge is 0.0615 e. The van der Waals surface area contributed by atoms with Crippen LogP contribution in [0, 0.1) is 6.92 Å². The molecule has 0 spiro atoms. The quantitative estimate of drug-likeness (QED) is 0.835. The summed E-state index contributed by atoms with van der Waals surface area (Å²) >= 11 is 0. The van der Waals surface area contributed by atoms with Crippen molar-refractivity contribution >= 4 is 17.3 Å². The molecule has 1 aromatic heterocycles. The van der Waals surface area contributed by atoms with Crippen molar-refractivity contribution in [1.82, 2.24) is 9.78 Å². The SMILES string of the molecule is CCn1nc(C)cc1C=C1CCc2cc(N)ccc21. The molecule has 0 unspecified atom stereocenters. The van der Waals surface area contributed by atoms with Crippen LogP contribution in [-0.2, 0) is 13.0 Å². The molecule has 0 atom stereocenters. The molecule has 3 heteroatoms. The molecule has 1 aliphatic rings. The van der Waals surface area contributed by atoms with Crippen molar-refractivity contribution in [2.75, 3.05) is 5.73 Å². The van der Waals surface area contributed by atoms with Crippen LogP contribution in [0.1, 0.15) is 35.9 Å². The fraction of sp³-hybridized carbons (Fsp3) is 0.312. The number of nitrogens with zero attached hydrogens (tertiary/aromatic N) is 2. The number of fused-ring (bicyclic) bond motifs is 1. The lowest BCUT2D eigenvalue weighted by Crippen LogP contribution is -1.99. The fourth-order valence-electron chi connectivity index (χ4n) is 2.80. The highest BCUT2D eigenvalue weighted by molar-refractivity contribution is 5.85. The average Bonchev–Trinajstić information content (AvgIpc) is 2.93. The van der Waals surface area contributed by atoms with Crippen LogP contribution >= 0.6 is 0 Å². The predicted octanol–water partition coefficient (Wildman–Crippen LogP) is 3.28. The first kappa shape index (κ1) is 12.0. The molecule has 2 N–H and O–H groups in total. The molecule has 0 saturated carbocycles. The first-order valence-corrected chi connectivity index (χ1v) is 6.81. The molecule has 0 amide bonds. The normalized spacial score (nSPS) is 16.0. The van der Waals surface area contributed by atoms with Crippen molar-refractivity contribution in [1.29, 1.82) is 0 Å². The van der Waals surface area contributed by atoms with Gasteiger partial charge in [0.25, 0.3) is 0 Å². The standard InChI is InChI=1S/C16H19N3/c1-3-19-15(8-11(2)18-19)10-13-5-4-12-9-14(17)6-7-16(12)13/h6-10H,3-5,17H2,1-2H3. The Morgan fingerprint density at radius 2 is 2.16 bits per heavy atom. The van der Waals surface area contributed by atoms with Crippen LogP contribution in [-0.4, -0.2) is 9.78 Å². The van der Waals surface area contributed by atoms with Crippen molar-refractivity contribution in [3.05, 3.63) is 46.8 Å². The van der Waals surface area contributed by atoms with E-state index in [1.54, 1.807) is 0 Å². The Balaban J connectivity index is 2.03. The molecule has 1 aromatic carbocycles. The summed E-state index contributed by atoms with van der Waals surface area (Å²) in [5.41, 5.74) is 13.1. The summed E-state index contributed by atoms with van der Waals surface area (Å²) in [6.07, 6.45) is 4.45. The van der Waals surface area contributed by atoms with Gasteiger partial charge in [-0.15, -0.1) is 0 Å². The van der Waals surface area contributed by atoms with Crippen LogP contribution in [0.15, 0.2) is 24.3 Å². The monoisotopic (exact) mass is 253 g/mol. The molecule has 1 aliphatic carbocycles. The zero-order valence-electron chi connectivity index (χ0n) is 11.5. The Bertz CT molecular complexity index is 650. The topological polar surface area (TPSA) is 43.8 Å². The second-order valence-electron chi connectivity index (χ2n) is 5.11. The van der Waals surface area contributed by atoms with Crippen LogP contribution in [0.4, 0.5) is 5.69 Å². The number of anilines is 1. The molecule has 0 radical (unpaired) electrons. The molecule has 1 heterocycles. The number of aromatic nitrogens is 2. The molecule has 2 aromatic rings. The van der Waals surface area contributed by atoms with Gasteiger partial charge in [0, 0.05) is 12.2 Å². The lowest BCUT2D eigenvalue weighted by molar-refractivity contribution is 0.648. The maximum atomic E-state index is 5.84. The Morgan fingerprint density at radius 1 is 1.32 bits per heavy atom. The Kier molecular flexibility index (Phi) is 2.90. The van der Waals surface area contributed by atoms with Gasteiger partial charge in [-0.1, -0.05) is 6.07 Å². The van der Waals surface area contributed by atoms with Gasteiger partial charge in [0.2, 0.25) is 0 Å². The molecule has 3 nitrogen and oxygen atoms in total. The van der Waals surface area contributed by atoms with Gasteiger partial charge >= 0.3 is 0 Å². The van der Waals surface area contributed by atoms with Crippen LogP contribution in [0.3, 0.4) is 0 Å². The minimum Gasteiger partial charge on any atom is -0.399 e. The van der Waals surface area contributed by atoms with Crippen molar-refractivity contribution in [3.8, 4) is 0 Å². The van der Waals surface area contributed by atoms with Gasteiger partial charge in [0.1, 0.15) is 0 Å². The first-order chi connectivity index (χ1) is 9.17. The van der Waals surface area contributed by atoms with E-state index in [9.17, 15) is 0 Å². The number of aryl methyl sites for hydroxylation is 3. The molecule has 0 fully saturated rings. The van der Waals surface area contributed by atoms with Gasteiger partial charge in [-0.3, -0.25) is 4.68 Å². The minimum atomic E-state index is 0.856. The van der Waals surface area contributed by atoms with Gasteiger partial charge in [-0.2, -0.15) is 5.10 Å².